The van der Waals surface area contributed by atoms with Gasteiger partial charge < -0.3 is 5.73 Å². The summed E-state index contributed by atoms with van der Waals surface area (Å²) >= 11 is 0. The molecular formula is C17H27N. The first kappa shape index (κ1) is 13.6. The van der Waals surface area contributed by atoms with E-state index >= 15 is 0 Å². The maximum Gasteiger partial charge on any atom is 0.0113 e. The lowest BCUT2D eigenvalue weighted by Crippen LogP contribution is -2.35. The number of rotatable bonds is 6. The maximum absolute atomic E-state index is 6.54. The van der Waals surface area contributed by atoms with Gasteiger partial charge in [0.1, 0.15) is 0 Å². The molecular weight excluding hydrogens is 218 g/mol. The van der Waals surface area contributed by atoms with Gasteiger partial charge in [0.25, 0.3) is 0 Å². The van der Waals surface area contributed by atoms with Crippen LogP contribution in [0, 0.1) is 11.8 Å². The third-order valence-corrected chi connectivity index (χ3v) is 4.73. The van der Waals surface area contributed by atoms with Crippen LogP contribution in [0.5, 0.6) is 0 Å². The summed E-state index contributed by atoms with van der Waals surface area (Å²) in [4.78, 5) is 0. The van der Waals surface area contributed by atoms with Crippen LogP contribution >= 0.6 is 0 Å². The van der Waals surface area contributed by atoms with Gasteiger partial charge in [-0.15, -0.1) is 0 Å². The molecule has 1 aromatic rings. The number of hydrogen-bond acceptors (Lipinski definition) is 1. The molecule has 1 nitrogen and oxygen atoms in total. The van der Waals surface area contributed by atoms with E-state index in [0.29, 0.717) is 17.9 Å². The summed E-state index contributed by atoms with van der Waals surface area (Å²) in [7, 11) is 0. The van der Waals surface area contributed by atoms with Crippen molar-refractivity contribution in [2.75, 3.05) is 0 Å². The molecule has 0 bridgehead atoms. The monoisotopic (exact) mass is 245 g/mol. The van der Waals surface area contributed by atoms with E-state index < -0.39 is 0 Å². The Labute approximate surface area is 112 Å². The van der Waals surface area contributed by atoms with Crippen molar-refractivity contribution >= 4 is 0 Å². The van der Waals surface area contributed by atoms with Gasteiger partial charge in [-0.2, -0.15) is 0 Å². The molecule has 1 fully saturated rings. The van der Waals surface area contributed by atoms with E-state index in [4.69, 9.17) is 5.73 Å². The summed E-state index contributed by atoms with van der Waals surface area (Å²) in [5, 5.41) is 0. The normalized spacial score (nSPS) is 21.1. The first-order valence-corrected chi connectivity index (χ1v) is 7.53. The van der Waals surface area contributed by atoms with Crippen molar-refractivity contribution in [3.63, 3.8) is 0 Å². The van der Waals surface area contributed by atoms with Crippen molar-refractivity contribution in [1.29, 1.82) is 0 Å². The summed E-state index contributed by atoms with van der Waals surface area (Å²) in [6.07, 6.45) is 6.63. The zero-order valence-electron chi connectivity index (χ0n) is 11.8. The Morgan fingerprint density at radius 3 is 2.39 bits per heavy atom. The van der Waals surface area contributed by atoms with E-state index in [2.05, 4.69) is 44.2 Å². The Kier molecular flexibility index (Phi) is 4.82. The summed E-state index contributed by atoms with van der Waals surface area (Å²) in [6.45, 7) is 4.62. The number of hydrogen-bond donors (Lipinski definition) is 1. The quantitative estimate of drug-likeness (QED) is 0.793. The van der Waals surface area contributed by atoms with Crippen molar-refractivity contribution in [1.82, 2.24) is 0 Å². The van der Waals surface area contributed by atoms with E-state index in [-0.39, 0.29) is 0 Å². The van der Waals surface area contributed by atoms with Gasteiger partial charge in [-0.25, -0.2) is 0 Å². The lowest BCUT2D eigenvalue weighted by Gasteiger charge is -2.34. The molecule has 100 valence electrons. The van der Waals surface area contributed by atoms with Crippen molar-refractivity contribution in [3.05, 3.63) is 35.9 Å². The van der Waals surface area contributed by atoms with Gasteiger partial charge in [-0.1, -0.05) is 69.9 Å². The minimum atomic E-state index is 0.327. The first-order valence-electron chi connectivity index (χ1n) is 7.53. The number of benzene rings is 1. The second-order valence-electron chi connectivity index (χ2n) is 6.02. The molecule has 1 aromatic carbocycles. The van der Waals surface area contributed by atoms with Crippen molar-refractivity contribution < 1.29 is 0 Å². The molecule has 1 saturated carbocycles. The fourth-order valence-corrected chi connectivity index (χ4v) is 3.19. The molecule has 2 rings (SSSR count). The van der Waals surface area contributed by atoms with Crippen LogP contribution in [0.1, 0.15) is 57.4 Å². The summed E-state index contributed by atoms with van der Waals surface area (Å²) in [5.41, 5.74) is 7.97. The van der Waals surface area contributed by atoms with Crippen LogP contribution < -0.4 is 5.73 Å². The van der Waals surface area contributed by atoms with Crippen molar-refractivity contribution in [2.24, 2.45) is 17.6 Å². The van der Waals surface area contributed by atoms with E-state index in [0.717, 1.165) is 5.92 Å². The molecule has 0 spiro atoms. The minimum absolute atomic E-state index is 0.327. The van der Waals surface area contributed by atoms with Gasteiger partial charge in [-0.3, -0.25) is 0 Å². The summed E-state index contributed by atoms with van der Waals surface area (Å²) in [6, 6.07) is 11.2. The molecule has 1 aliphatic carbocycles. The van der Waals surface area contributed by atoms with Gasteiger partial charge in [0, 0.05) is 12.0 Å². The molecule has 3 unspecified atom stereocenters. The highest BCUT2D eigenvalue weighted by Crippen LogP contribution is 2.36. The molecule has 0 radical (unpaired) electrons. The molecule has 0 heterocycles. The molecule has 0 aromatic heterocycles. The van der Waals surface area contributed by atoms with Crippen LogP contribution in [0.25, 0.3) is 0 Å². The van der Waals surface area contributed by atoms with Crippen molar-refractivity contribution in [3.8, 4) is 0 Å². The highest BCUT2D eigenvalue weighted by atomic mass is 14.7. The van der Waals surface area contributed by atoms with Crippen LogP contribution in [-0.2, 0) is 0 Å². The average molecular weight is 245 g/mol. The van der Waals surface area contributed by atoms with Crippen LogP contribution in [0.2, 0.25) is 0 Å². The van der Waals surface area contributed by atoms with Gasteiger partial charge >= 0.3 is 0 Å². The van der Waals surface area contributed by atoms with Gasteiger partial charge in [0.2, 0.25) is 0 Å². The molecule has 0 amide bonds. The molecule has 18 heavy (non-hydrogen) atoms. The standard InChI is InChI=1S/C17H27N/c1-3-13(2)17(15-10-5-4-6-11-15)16(18)12-14-8-7-9-14/h4-6,10-11,13-14,16-17H,3,7-9,12,18H2,1-2H3. The van der Waals surface area contributed by atoms with Gasteiger partial charge in [-0.05, 0) is 23.8 Å². The topological polar surface area (TPSA) is 26.0 Å². The molecule has 3 atom stereocenters. The second-order valence-corrected chi connectivity index (χ2v) is 6.02. The molecule has 2 N–H and O–H groups in total. The Morgan fingerprint density at radius 1 is 1.22 bits per heavy atom. The predicted molar refractivity (Wildman–Crippen MR) is 78.6 cm³/mol. The summed E-state index contributed by atoms with van der Waals surface area (Å²) < 4.78 is 0. The first-order chi connectivity index (χ1) is 8.72. The predicted octanol–water partition coefficient (Wildman–Crippen LogP) is 4.33. The highest BCUT2D eigenvalue weighted by molar-refractivity contribution is 5.22. The molecule has 1 aliphatic rings. The number of nitrogens with two attached hydrogens (primary N) is 1. The third kappa shape index (κ3) is 3.14. The minimum Gasteiger partial charge on any atom is -0.327 e. The Morgan fingerprint density at radius 2 is 1.89 bits per heavy atom. The molecule has 1 heteroatoms. The fourth-order valence-electron chi connectivity index (χ4n) is 3.19. The van der Waals surface area contributed by atoms with Crippen LogP contribution in [0.15, 0.2) is 30.3 Å². The van der Waals surface area contributed by atoms with Gasteiger partial charge in [0.05, 0.1) is 0 Å². The Hall–Kier alpha value is -0.820. The lowest BCUT2D eigenvalue weighted by atomic mass is 9.73. The van der Waals surface area contributed by atoms with Gasteiger partial charge in [0.15, 0.2) is 0 Å². The van der Waals surface area contributed by atoms with Crippen LogP contribution in [0.4, 0.5) is 0 Å². The fraction of sp³-hybridized carbons (Fsp3) is 0.647. The summed E-state index contributed by atoms with van der Waals surface area (Å²) in [5.74, 6) is 2.09. The molecule has 0 aliphatic heterocycles. The SMILES string of the molecule is CCC(C)C(c1ccccc1)C(N)CC1CCC1. The van der Waals surface area contributed by atoms with E-state index in [9.17, 15) is 0 Å². The van der Waals surface area contributed by atoms with Crippen molar-refractivity contribution in [2.45, 2.75) is 57.9 Å². The van der Waals surface area contributed by atoms with Crippen LogP contribution in [0.3, 0.4) is 0 Å². The lowest BCUT2D eigenvalue weighted by molar-refractivity contribution is 0.245. The smallest absolute Gasteiger partial charge is 0.0113 e. The Bertz CT molecular complexity index is 342. The highest BCUT2D eigenvalue weighted by Gasteiger charge is 2.28. The zero-order valence-corrected chi connectivity index (χ0v) is 11.8. The third-order valence-electron chi connectivity index (χ3n) is 4.73. The van der Waals surface area contributed by atoms with Crippen LogP contribution in [-0.4, -0.2) is 6.04 Å². The molecule has 0 saturated heterocycles. The van der Waals surface area contributed by atoms with E-state index in [1.807, 2.05) is 0 Å². The average Bonchev–Trinajstić information content (AvgIpc) is 2.35. The Balaban J connectivity index is 2.08. The largest absolute Gasteiger partial charge is 0.327 e. The maximum atomic E-state index is 6.54. The zero-order chi connectivity index (χ0) is 13.0. The van der Waals surface area contributed by atoms with E-state index in [1.165, 1.54) is 37.7 Å². The second kappa shape index (κ2) is 6.38. The van der Waals surface area contributed by atoms with E-state index in [1.54, 1.807) is 0 Å².